The van der Waals surface area contributed by atoms with E-state index in [4.69, 9.17) is 5.11 Å². The van der Waals surface area contributed by atoms with Crippen molar-refractivity contribution >= 4 is 0 Å². The van der Waals surface area contributed by atoms with Crippen molar-refractivity contribution in [1.29, 1.82) is 0 Å². The van der Waals surface area contributed by atoms with Gasteiger partial charge in [0.15, 0.2) is 0 Å². The van der Waals surface area contributed by atoms with E-state index >= 15 is 0 Å². The lowest BCUT2D eigenvalue weighted by Gasteiger charge is -2.34. The molecule has 0 bridgehead atoms. The Labute approximate surface area is 106 Å². The molecule has 17 heavy (non-hydrogen) atoms. The summed E-state index contributed by atoms with van der Waals surface area (Å²) >= 11 is 0. The minimum Gasteiger partial charge on any atom is -0.396 e. The molecule has 2 rings (SSSR count). The normalized spacial score (nSPS) is 26.9. The monoisotopic (exact) mass is 234 g/mol. The standard InChI is InChI=1S/C16H26O/c1-16(2)11-3-6-14-9-7-13(5-4-12-17)8-10-15(14)16/h5,17H,3-4,6-12H2,1-2H3/b13-5+. The van der Waals surface area contributed by atoms with Crippen LogP contribution in [0.25, 0.3) is 0 Å². The van der Waals surface area contributed by atoms with E-state index in [1.165, 1.54) is 44.9 Å². The molecule has 0 saturated carbocycles. The lowest BCUT2D eigenvalue weighted by Crippen LogP contribution is -2.20. The molecule has 0 aromatic carbocycles. The molecule has 0 amide bonds. The molecule has 0 aromatic heterocycles. The first kappa shape index (κ1) is 12.9. The van der Waals surface area contributed by atoms with Gasteiger partial charge in [0.2, 0.25) is 0 Å². The second kappa shape index (κ2) is 5.39. The summed E-state index contributed by atoms with van der Waals surface area (Å²) in [6, 6.07) is 0. The van der Waals surface area contributed by atoms with Crippen molar-refractivity contribution in [1.82, 2.24) is 0 Å². The van der Waals surface area contributed by atoms with Crippen LogP contribution in [0.3, 0.4) is 0 Å². The van der Waals surface area contributed by atoms with Gasteiger partial charge in [-0.15, -0.1) is 0 Å². The van der Waals surface area contributed by atoms with Gasteiger partial charge in [-0.05, 0) is 56.8 Å². The second-order valence-electron chi connectivity index (χ2n) is 6.19. The van der Waals surface area contributed by atoms with Crippen LogP contribution in [0.4, 0.5) is 0 Å². The first-order valence-corrected chi connectivity index (χ1v) is 7.13. The molecule has 0 fully saturated rings. The quantitative estimate of drug-likeness (QED) is 0.703. The molecule has 0 spiro atoms. The fourth-order valence-corrected chi connectivity index (χ4v) is 3.51. The maximum Gasteiger partial charge on any atom is 0.0465 e. The van der Waals surface area contributed by atoms with E-state index < -0.39 is 0 Å². The molecule has 0 aromatic rings. The Bertz CT molecular complexity index is 333. The van der Waals surface area contributed by atoms with Gasteiger partial charge in [0.1, 0.15) is 0 Å². The summed E-state index contributed by atoms with van der Waals surface area (Å²) < 4.78 is 0. The van der Waals surface area contributed by atoms with E-state index in [0.29, 0.717) is 12.0 Å². The van der Waals surface area contributed by atoms with E-state index in [1.54, 1.807) is 16.7 Å². The second-order valence-corrected chi connectivity index (χ2v) is 6.19. The van der Waals surface area contributed by atoms with Gasteiger partial charge in [0, 0.05) is 6.61 Å². The average Bonchev–Trinajstić information content (AvgIpc) is 2.49. The van der Waals surface area contributed by atoms with Crippen LogP contribution in [0.1, 0.15) is 65.2 Å². The number of hydrogen-bond acceptors (Lipinski definition) is 1. The minimum absolute atomic E-state index is 0.294. The molecular weight excluding hydrogens is 208 g/mol. The maximum absolute atomic E-state index is 8.90. The topological polar surface area (TPSA) is 20.2 Å². The van der Waals surface area contributed by atoms with Crippen molar-refractivity contribution in [3.8, 4) is 0 Å². The fourth-order valence-electron chi connectivity index (χ4n) is 3.51. The molecule has 0 heterocycles. The summed E-state index contributed by atoms with van der Waals surface area (Å²) in [7, 11) is 0. The van der Waals surface area contributed by atoms with E-state index in [-0.39, 0.29) is 0 Å². The molecule has 0 saturated heterocycles. The average molecular weight is 234 g/mol. The third kappa shape index (κ3) is 3.01. The molecule has 2 aliphatic carbocycles. The zero-order valence-electron chi connectivity index (χ0n) is 11.4. The van der Waals surface area contributed by atoms with Crippen molar-refractivity contribution in [3.63, 3.8) is 0 Å². The van der Waals surface area contributed by atoms with Gasteiger partial charge in [-0.1, -0.05) is 36.6 Å². The highest BCUT2D eigenvalue weighted by molar-refractivity contribution is 5.28. The van der Waals surface area contributed by atoms with Gasteiger partial charge in [0.25, 0.3) is 0 Å². The van der Waals surface area contributed by atoms with Crippen molar-refractivity contribution in [3.05, 3.63) is 22.8 Å². The summed E-state index contributed by atoms with van der Waals surface area (Å²) in [5, 5.41) is 8.90. The Kier molecular flexibility index (Phi) is 4.09. The Hall–Kier alpha value is -0.560. The van der Waals surface area contributed by atoms with Gasteiger partial charge in [-0.25, -0.2) is 0 Å². The van der Waals surface area contributed by atoms with Crippen LogP contribution in [0.2, 0.25) is 0 Å². The molecule has 1 nitrogen and oxygen atoms in total. The van der Waals surface area contributed by atoms with Gasteiger partial charge < -0.3 is 5.11 Å². The predicted molar refractivity (Wildman–Crippen MR) is 72.9 cm³/mol. The first-order chi connectivity index (χ1) is 8.13. The SMILES string of the molecule is CC1(C)CCCC2=C1CC/C(=C/CCO)CC2. The highest BCUT2D eigenvalue weighted by Crippen LogP contribution is 2.46. The number of allylic oxidation sites excluding steroid dienone is 3. The van der Waals surface area contributed by atoms with Crippen LogP contribution in [0.15, 0.2) is 22.8 Å². The largest absolute Gasteiger partial charge is 0.396 e. The third-order valence-electron chi connectivity index (χ3n) is 4.53. The molecular formula is C16H26O. The number of aliphatic hydroxyl groups excluding tert-OH is 1. The molecule has 0 unspecified atom stereocenters. The van der Waals surface area contributed by atoms with Crippen molar-refractivity contribution < 1.29 is 5.11 Å². The number of rotatable bonds is 2. The Balaban J connectivity index is 2.10. The molecule has 1 N–H and O–H groups in total. The van der Waals surface area contributed by atoms with Crippen LogP contribution in [-0.2, 0) is 0 Å². The van der Waals surface area contributed by atoms with Gasteiger partial charge in [-0.2, -0.15) is 0 Å². The summed E-state index contributed by atoms with van der Waals surface area (Å²) in [5.41, 5.74) is 5.54. The highest BCUT2D eigenvalue weighted by atomic mass is 16.2. The molecule has 0 radical (unpaired) electrons. The summed E-state index contributed by atoms with van der Waals surface area (Å²) in [5.74, 6) is 0. The van der Waals surface area contributed by atoms with E-state index in [2.05, 4.69) is 19.9 Å². The Morgan fingerprint density at radius 3 is 2.65 bits per heavy atom. The lowest BCUT2D eigenvalue weighted by molar-refractivity contribution is 0.302. The van der Waals surface area contributed by atoms with Crippen LogP contribution >= 0.6 is 0 Å². The molecule has 1 heteroatoms. The van der Waals surface area contributed by atoms with E-state index in [9.17, 15) is 0 Å². The first-order valence-electron chi connectivity index (χ1n) is 7.13. The summed E-state index contributed by atoms with van der Waals surface area (Å²) in [6.07, 6.45) is 12.2. The maximum atomic E-state index is 8.90. The number of hydrogen-bond donors (Lipinski definition) is 1. The molecule has 96 valence electrons. The van der Waals surface area contributed by atoms with Gasteiger partial charge in [0.05, 0.1) is 0 Å². The molecule has 0 aliphatic heterocycles. The van der Waals surface area contributed by atoms with Crippen molar-refractivity contribution in [2.75, 3.05) is 6.61 Å². The van der Waals surface area contributed by atoms with Crippen LogP contribution < -0.4 is 0 Å². The van der Waals surface area contributed by atoms with Gasteiger partial charge >= 0.3 is 0 Å². The van der Waals surface area contributed by atoms with E-state index in [1.807, 2.05) is 0 Å². The van der Waals surface area contributed by atoms with Crippen LogP contribution in [0, 0.1) is 5.41 Å². The summed E-state index contributed by atoms with van der Waals surface area (Å²) in [6.45, 7) is 5.13. The zero-order valence-corrected chi connectivity index (χ0v) is 11.4. The van der Waals surface area contributed by atoms with E-state index in [0.717, 1.165) is 6.42 Å². The van der Waals surface area contributed by atoms with Crippen LogP contribution in [-0.4, -0.2) is 11.7 Å². The Morgan fingerprint density at radius 1 is 1.12 bits per heavy atom. The number of aliphatic hydroxyl groups is 1. The summed E-state index contributed by atoms with van der Waals surface area (Å²) in [4.78, 5) is 0. The van der Waals surface area contributed by atoms with Crippen molar-refractivity contribution in [2.24, 2.45) is 5.41 Å². The predicted octanol–water partition coefficient (Wildman–Crippen LogP) is 4.38. The highest BCUT2D eigenvalue weighted by Gasteiger charge is 2.30. The zero-order chi connectivity index (χ0) is 12.3. The smallest absolute Gasteiger partial charge is 0.0465 e. The van der Waals surface area contributed by atoms with Crippen LogP contribution in [0.5, 0.6) is 0 Å². The Morgan fingerprint density at radius 2 is 1.88 bits per heavy atom. The fraction of sp³-hybridized carbons (Fsp3) is 0.750. The third-order valence-corrected chi connectivity index (χ3v) is 4.53. The van der Waals surface area contributed by atoms with Crippen molar-refractivity contribution in [2.45, 2.75) is 65.2 Å². The van der Waals surface area contributed by atoms with Gasteiger partial charge in [-0.3, -0.25) is 0 Å². The molecule has 2 aliphatic rings. The minimum atomic E-state index is 0.294. The lowest BCUT2D eigenvalue weighted by atomic mass is 9.71. The molecule has 0 atom stereocenters.